The van der Waals surface area contributed by atoms with Crippen molar-refractivity contribution < 1.29 is 18.3 Å². The van der Waals surface area contributed by atoms with E-state index in [1.807, 2.05) is 13.8 Å². The molecule has 1 amide bonds. The van der Waals surface area contributed by atoms with Crippen molar-refractivity contribution in [2.24, 2.45) is 0 Å². The van der Waals surface area contributed by atoms with Gasteiger partial charge in [0, 0.05) is 18.5 Å². The topological polar surface area (TPSA) is 67.0 Å². The van der Waals surface area contributed by atoms with Crippen LogP contribution in [0.5, 0.6) is 0 Å². The molecule has 0 saturated heterocycles. The van der Waals surface area contributed by atoms with Gasteiger partial charge in [-0.2, -0.15) is 5.10 Å². The molecule has 24 heavy (non-hydrogen) atoms. The molecule has 7 heteroatoms. The smallest absolute Gasteiger partial charge is 0.272 e. The number of hydrogen-bond donors (Lipinski definition) is 2. The first-order chi connectivity index (χ1) is 11.5. The second-order valence-electron chi connectivity index (χ2n) is 5.98. The van der Waals surface area contributed by atoms with Gasteiger partial charge in [-0.25, -0.2) is 8.78 Å². The summed E-state index contributed by atoms with van der Waals surface area (Å²) in [5.41, 5.74) is 2.24. The molecule has 1 aromatic heterocycles. The lowest BCUT2D eigenvalue weighted by atomic mass is 9.99. The Balaban J connectivity index is 1.65. The molecule has 0 bridgehead atoms. The Morgan fingerprint density at radius 3 is 3.00 bits per heavy atom. The monoisotopic (exact) mass is 335 g/mol. The molecule has 2 atom stereocenters. The first kappa shape index (κ1) is 16.6. The fourth-order valence-electron chi connectivity index (χ4n) is 3.00. The Hall–Kier alpha value is -2.28. The number of amides is 1. The summed E-state index contributed by atoms with van der Waals surface area (Å²) in [6, 6.07) is 4.02. The number of aromatic nitrogens is 2. The molecule has 1 aliphatic heterocycles. The van der Waals surface area contributed by atoms with Gasteiger partial charge < -0.3 is 10.1 Å². The maximum atomic E-state index is 13.6. The number of hydrogen-bond acceptors (Lipinski definition) is 3. The predicted molar refractivity (Wildman–Crippen MR) is 83.6 cm³/mol. The maximum Gasteiger partial charge on any atom is 0.272 e. The van der Waals surface area contributed by atoms with E-state index in [-0.39, 0.29) is 36.6 Å². The summed E-state index contributed by atoms with van der Waals surface area (Å²) in [5.74, 6) is -2.09. The molecule has 1 aliphatic rings. The van der Waals surface area contributed by atoms with Crippen LogP contribution in [0.25, 0.3) is 0 Å². The molecule has 3 rings (SSSR count). The van der Waals surface area contributed by atoms with Gasteiger partial charge in [0.2, 0.25) is 0 Å². The molecule has 2 aromatic rings. The van der Waals surface area contributed by atoms with Crippen molar-refractivity contribution in [1.82, 2.24) is 15.5 Å². The van der Waals surface area contributed by atoms with Gasteiger partial charge >= 0.3 is 0 Å². The highest BCUT2D eigenvalue weighted by Crippen LogP contribution is 2.29. The van der Waals surface area contributed by atoms with Crippen molar-refractivity contribution in [3.63, 3.8) is 0 Å². The van der Waals surface area contributed by atoms with Gasteiger partial charge in [-0.15, -0.1) is 0 Å². The Bertz CT molecular complexity index is 760. The van der Waals surface area contributed by atoms with Crippen LogP contribution in [-0.4, -0.2) is 28.8 Å². The summed E-state index contributed by atoms with van der Waals surface area (Å²) >= 11 is 0. The van der Waals surface area contributed by atoms with Crippen LogP contribution in [0.15, 0.2) is 18.2 Å². The van der Waals surface area contributed by atoms with Crippen LogP contribution in [0, 0.1) is 11.6 Å². The van der Waals surface area contributed by atoms with Crippen LogP contribution in [0.1, 0.15) is 47.3 Å². The summed E-state index contributed by atoms with van der Waals surface area (Å²) in [6.45, 7) is 4.05. The minimum Gasteiger partial charge on any atom is -0.369 e. The number of aromatic amines is 1. The normalized spacial score (nSPS) is 19.8. The van der Waals surface area contributed by atoms with Crippen molar-refractivity contribution in [2.75, 3.05) is 6.54 Å². The van der Waals surface area contributed by atoms with E-state index < -0.39 is 11.6 Å². The molecule has 5 nitrogen and oxygen atoms in total. The lowest BCUT2D eigenvalue weighted by molar-refractivity contribution is -0.00697. The van der Waals surface area contributed by atoms with Gasteiger partial charge in [0.25, 0.3) is 5.91 Å². The van der Waals surface area contributed by atoms with Gasteiger partial charge in [0.05, 0.1) is 17.9 Å². The number of H-pyrrole nitrogens is 1. The van der Waals surface area contributed by atoms with Crippen molar-refractivity contribution in [3.8, 4) is 0 Å². The SMILES string of the molecule is C[C@@H]1Cc2c(C(=O)NCCc3cccc(F)c3F)n[nH]c2[C@H](C)O1. The van der Waals surface area contributed by atoms with E-state index in [1.165, 1.54) is 12.1 Å². The van der Waals surface area contributed by atoms with Gasteiger partial charge in [-0.1, -0.05) is 12.1 Å². The highest BCUT2D eigenvalue weighted by molar-refractivity contribution is 5.94. The van der Waals surface area contributed by atoms with Gasteiger partial charge in [0.1, 0.15) is 0 Å². The first-order valence-electron chi connectivity index (χ1n) is 7.91. The van der Waals surface area contributed by atoms with Crippen molar-refractivity contribution >= 4 is 5.91 Å². The number of rotatable bonds is 4. The number of ether oxygens (including phenoxy) is 1. The molecule has 128 valence electrons. The van der Waals surface area contributed by atoms with Crippen molar-refractivity contribution in [2.45, 2.75) is 38.9 Å². The van der Waals surface area contributed by atoms with Gasteiger partial charge in [-0.3, -0.25) is 9.89 Å². The zero-order chi connectivity index (χ0) is 17.3. The van der Waals surface area contributed by atoms with E-state index in [1.54, 1.807) is 0 Å². The van der Waals surface area contributed by atoms with E-state index in [0.717, 1.165) is 17.3 Å². The van der Waals surface area contributed by atoms with Crippen molar-refractivity contribution in [3.05, 3.63) is 52.3 Å². The van der Waals surface area contributed by atoms with E-state index in [4.69, 9.17) is 4.74 Å². The second-order valence-corrected chi connectivity index (χ2v) is 5.98. The lowest BCUT2D eigenvalue weighted by Gasteiger charge is -2.25. The molecule has 2 N–H and O–H groups in total. The number of fused-ring (bicyclic) bond motifs is 1. The van der Waals surface area contributed by atoms with Gasteiger partial charge in [-0.05, 0) is 31.9 Å². The fraction of sp³-hybridized carbons (Fsp3) is 0.412. The second kappa shape index (κ2) is 6.68. The molecule has 0 spiro atoms. The largest absolute Gasteiger partial charge is 0.369 e. The molecular formula is C17H19F2N3O2. The van der Waals surface area contributed by atoms with E-state index in [0.29, 0.717) is 12.1 Å². The van der Waals surface area contributed by atoms with Crippen LogP contribution in [0.2, 0.25) is 0 Å². The number of nitrogens with zero attached hydrogens (tertiary/aromatic N) is 1. The molecule has 0 fully saturated rings. The number of nitrogens with one attached hydrogen (secondary N) is 2. The van der Waals surface area contributed by atoms with Crippen LogP contribution in [-0.2, 0) is 17.6 Å². The Morgan fingerprint density at radius 1 is 1.42 bits per heavy atom. The van der Waals surface area contributed by atoms with Crippen LogP contribution < -0.4 is 5.32 Å². The summed E-state index contributed by atoms with van der Waals surface area (Å²) in [5, 5.41) is 9.65. The minimum absolute atomic E-state index is 0.0121. The van der Waals surface area contributed by atoms with Crippen molar-refractivity contribution in [1.29, 1.82) is 0 Å². The Morgan fingerprint density at radius 2 is 2.21 bits per heavy atom. The highest BCUT2D eigenvalue weighted by atomic mass is 19.2. The highest BCUT2D eigenvalue weighted by Gasteiger charge is 2.29. The molecule has 0 aliphatic carbocycles. The Kier molecular flexibility index (Phi) is 4.62. The summed E-state index contributed by atoms with van der Waals surface area (Å²) in [4.78, 5) is 12.3. The molecule has 0 radical (unpaired) electrons. The number of carbonyl (C=O) groups is 1. The molecule has 0 unspecified atom stereocenters. The third-order valence-electron chi connectivity index (χ3n) is 4.16. The summed E-state index contributed by atoms with van der Waals surface area (Å²) < 4.78 is 32.4. The molecular weight excluding hydrogens is 316 g/mol. The maximum absolute atomic E-state index is 13.6. The lowest BCUT2D eigenvalue weighted by Crippen LogP contribution is -2.29. The number of carbonyl (C=O) groups excluding carboxylic acids is 1. The summed E-state index contributed by atoms with van der Waals surface area (Å²) in [6.07, 6.45) is 0.687. The zero-order valence-electron chi connectivity index (χ0n) is 13.5. The van der Waals surface area contributed by atoms with Crippen LogP contribution in [0.3, 0.4) is 0 Å². The van der Waals surface area contributed by atoms with Gasteiger partial charge in [0.15, 0.2) is 17.3 Å². The van der Waals surface area contributed by atoms with E-state index in [9.17, 15) is 13.6 Å². The standard InChI is InChI=1S/C17H19F2N3O2/c1-9-8-12-15(10(2)24-9)21-22-16(12)17(23)20-7-6-11-4-3-5-13(18)14(11)19/h3-5,9-10H,6-8H2,1-2H3,(H,20,23)(H,21,22)/t9-,10+/m1/s1. The minimum atomic E-state index is -0.886. The first-order valence-corrected chi connectivity index (χ1v) is 7.91. The van der Waals surface area contributed by atoms with Crippen LogP contribution in [0.4, 0.5) is 8.78 Å². The zero-order valence-corrected chi connectivity index (χ0v) is 13.5. The predicted octanol–water partition coefficient (Wildman–Crippen LogP) is 2.68. The van der Waals surface area contributed by atoms with E-state index >= 15 is 0 Å². The number of benzene rings is 1. The number of halogens is 2. The Labute approximate surface area is 138 Å². The molecule has 2 heterocycles. The average Bonchev–Trinajstić information content (AvgIpc) is 2.95. The summed E-state index contributed by atoms with van der Waals surface area (Å²) in [7, 11) is 0. The van der Waals surface area contributed by atoms with Crippen LogP contribution >= 0.6 is 0 Å². The van der Waals surface area contributed by atoms with E-state index in [2.05, 4.69) is 15.5 Å². The molecule has 1 aromatic carbocycles. The third-order valence-corrected chi connectivity index (χ3v) is 4.16. The fourth-order valence-corrected chi connectivity index (χ4v) is 3.00. The third kappa shape index (κ3) is 3.17. The average molecular weight is 335 g/mol. The molecule has 0 saturated carbocycles. The quantitative estimate of drug-likeness (QED) is 0.903.